The second-order valence-electron chi connectivity index (χ2n) is 3.46. The molecule has 0 fully saturated rings. The Kier molecular flexibility index (Phi) is 8.29. The number of hydrogen-bond acceptors (Lipinski definition) is 6. The largest absolute Gasteiger partial charge is 2.00 e. The van der Waals surface area contributed by atoms with Gasteiger partial charge in [0.2, 0.25) is 11.1 Å². The molecule has 0 spiro atoms. The maximum atomic E-state index is 10.4. The summed E-state index contributed by atoms with van der Waals surface area (Å²) in [6.07, 6.45) is 2.51. The van der Waals surface area contributed by atoms with Gasteiger partial charge in [0.15, 0.2) is 0 Å². The summed E-state index contributed by atoms with van der Waals surface area (Å²) in [5.41, 5.74) is -1.10. The predicted octanol–water partition coefficient (Wildman–Crippen LogP) is -2.90. The Hall–Kier alpha value is -1.90. The zero-order valence-electron chi connectivity index (χ0n) is 10.6. The molecule has 0 amide bonds. The van der Waals surface area contributed by atoms with Gasteiger partial charge in [-0.05, 0) is 12.1 Å². The number of carbonyl (C=O) groups is 2. The van der Waals surface area contributed by atoms with Crippen molar-refractivity contribution in [2.45, 2.75) is 0 Å². The molecule has 0 aromatic carbocycles. The van der Waals surface area contributed by atoms with E-state index in [9.17, 15) is 29.4 Å². The molecule has 0 aliphatic heterocycles. The Morgan fingerprint density at radius 2 is 1.14 bits per heavy atom. The number of pyridine rings is 2. The number of aromatic amines is 2. The second kappa shape index (κ2) is 9.11. The van der Waals surface area contributed by atoms with Crippen LogP contribution in [0.3, 0.4) is 0 Å². The molecular weight excluding hydrogens is 308 g/mol. The molecule has 2 N–H and O–H groups in total. The molecule has 0 unspecified atom stereocenters. The van der Waals surface area contributed by atoms with Crippen LogP contribution in [0.4, 0.5) is 0 Å². The standard InChI is InChI=1S/2C6H5NO3.Ca/c2*8-5-3-4(6(9)10)1-2-7-5;/h2*1-3H,(H,7,8)(H,9,10);/q;;+2/p-2. The van der Waals surface area contributed by atoms with E-state index in [2.05, 4.69) is 9.97 Å². The van der Waals surface area contributed by atoms with E-state index >= 15 is 0 Å². The Balaban J connectivity index is 0.000000364. The number of carboxylic acids is 2. The van der Waals surface area contributed by atoms with Crippen molar-refractivity contribution in [1.29, 1.82) is 0 Å². The van der Waals surface area contributed by atoms with Crippen molar-refractivity contribution in [1.82, 2.24) is 9.97 Å². The first-order valence-electron chi connectivity index (χ1n) is 5.20. The van der Waals surface area contributed by atoms with Crippen molar-refractivity contribution in [3.8, 4) is 0 Å². The number of carboxylic acid groups (broad SMARTS) is 2. The van der Waals surface area contributed by atoms with Crippen molar-refractivity contribution >= 4 is 49.7 Å². The quantitative estimate of drug-likeness (QED) is 0.568. The van der Waals surface area contributed by atoms with E-state index in [0.717, 1.165) is 12.1 Å². The third-order valence-electron chi connectivity index (χ3n) is 2.02. The summed E-state index contributed by atoms with van der Waals surface area (Å²) in [5.74, 6) is -2.68. The molecular formula is C12H8CaN2O6. The van der Waals surface area contributed by atoms with Gasteiger partial charge in [-0.15, -0.1) is 0 Å². The maximum absolute atomic E-state index is 10.4. The number of carbonyl (C=O) groups excluding carboxylic acids is 2. The summed E-state index contributed by atoms with van der Waals surface area (Å²) < 4.78 is 0. The average molecular weight is 316 g/mol. The van der Waals surface area contributed by atoms with Gasteiger partial charge in [-0.2, -0.15) is 0 Å². The van der Waals surface area contributed by atoms with Crippen LogP contribution in [0.15, 0.2) is 46.2 Å². The third-order valence-corrected chi connectivity index (χ3v) is 2.02. The van der Waals surface area contributed by atoms with E-state index in [1.807, 2.05) is 0 Å². The van der Waals surface area contributed by atoms with Gasteiger partial charge in [0, 0.05) is 35.7 Å². The zero-order chi connectivity index (χ0) is 15.1. The van der Waals surface area contributed by atoms with Gasteiger partial charge >= 0.3 is 37.7 Å². The fourth-order valence-corrected chi connectivity index (χ4v) is 1.14. The summed E-state index contributed by atoms with van der Waals surface area (Å²) in [4.78, 5) is 45.6. The zero-order valence-corrected chi connectivity index (χ0v) is 12.8. The van der Waals surface area contributed by atoms with Gasteiger partial charge in [-0.1, -0.05) is 0 Å². The van der Waals surface area contributed by atoms with Crippen LogP contribution in [-0.2, 0) is 0 Å². The minimum absolute atomic E-state index is 0. The molecule has 9 heteroatoms. The Morgan fingerprint density at radius 1 is 0.810 bits per heavy atom. The van der Waals surface area contributed by atoms with Crippen LogP contribution >= 0.6 is 0 Å². The normalized spacial score (nSPS) is 8.76. The SMILES string of the molecule is O=C([O-])c1cc[nH]c(=O)c1.O=C([O-])c1cc[nH]c(=O)c1.[Ca+2]. The molecule has 2 heterocycles. The van der Waals surface area contributed by atoms with Gasteiger partial charge in [0.05, 0.1) is 11.9 Å². The van der Waals surface area contributed by atoms with Gasteiger partial charge < -0.3 is 29.8 Å². The van der Waals surface area contributed by atoms with Gasteiger partial charge in [0.1, 0.15) is 0 Å². The van der Waals surface area contributed by atoms with Gasteiger partial charge in [0.25, 0.3) is 0 Å². The van der Waals surface area contributed by atoms with Crippen LogP contribution in [0.2, 0.25) is 0 Å². The molecule has 21 heavy (non-hydrogen) atoms. The Bertz CT molecular complexity index is 673. The van der Waals surface area contributed by atoms with Crippen molar-refractivity contribution in [3.05, 3.63) is 68.5 Å². The van der Waals surface area contributed by atoms with Gasteiger partial charge in [-0.25, -0.2) is 0 Å². The van der Waals surface area contributed by atoms with Crippen molar-refractivity contribution < 1.29 is 19.8 Å². The smallest absolute Gasteiger partial charge is 0.545 e. The number of nitrogens with one attached hydrogen (secondary N) is 2. The van der Waals surface area contributed by atoms with Crippen molar-refractivity contribution in [2.24, 2.45) is 0 Å². The average Bonchev–Trinajstić information content (AvgIpc) is 2.39. The van der Waals surface area contributed by atoms with Crippen LogP contribution in [0, 0.1) is 0 Å². The maximum Gasteiger partial charge on any atom is 2.00 e. The van der Waals surface area contributed by atoms with E-state index in [0.29, 0.717) is 0 Å². The van der Waals surface area contributed by atoms with Crippen LogP contribution in [0.1, 0.15) is 20.7 Å². The number of rotatable bonds is 2. The van der Waals surface area contributed by atoms with E-state index in [1.165, 1.54) is 24.5 Å². The molecule has 2 aromatic rings. The number of aromatic nitrogens is 2. The molecule has 0 aliphatic rings. The Morgan fingerprint density at radius 3 is 1.33 bits per heavy atom. The predicted molar refractivity (Wildman–Crippen MR) is 68.5 cm³/mol. The second-order valence-corrected chi connectivity index (χ2v) is 3.46. The minimum atomic E-state index is -1.34. The van der Waals surface area contributed by atoms with Crippen LogP contribution in [0.25, 0.3) is 0 Å². The third kappa shape index (κ3) is 6.89. The van der Waals surface area contributed by atoms with Crippen molar-refractivity contribution in [3.63, 3.8) is 0 Å². The van der Waals surface area contributed by atoms with Crippen LogP contribution in [-0.4, -0.2) is 59.6 Å². The monoisotopic (exact) mass is 316 g/mol. The van der Waals surface area contributed by atoms with Gasteiger partial charge in [-0.3, -0.25) is 9.59 Å². The molecule has 0 saturated heterocycles. The fraction of sp³-hybridized carbons (Fsp3) is 0. The molecule has 2 aromatic heterocycles. The summed E-state index contributed by atoms with van der Waals surface area (Å²) in [6.45, 7) is 0. The van der Waals surface area contributed by atoms with E-state index in [-0.39, 0.29) is 48.9 Å². The first-order valence-corrected chi connectivity index (χ1v) is 5.20. The fourth-order valence-electron chi connectivity index (χ4n) is 1.14. The first-order chi connectivity index (χ1) is 9.40. The molecule has 0 aliphatic carbocycles. The summed E-state index contributed by atoms with van der Waals surface area (Å²) in [7, 11) is 0. The van der Waals surface area contributed by atoms with Crippen molar-refractivity contribution in [2.75, 3.05) is 0 Å². The summed E-state index contributed by atoms with van der Waals surface area (Å²) in [6, 6.07) is 4.46. The summed E-state index contributed by atoms with van der Waals surface area (Å²) >= 11 is 0. The number of H-pyrrole nitrogens is 2. The first kappa shape index (κ1) is 19.1. The molecule has 104 valence electrons. The molecule has 0 atom stereocenters. The topological polar surface area (TPSA) is 146 Å². The van der Waals surface area contributed by atoms with E-state index in [4.69, 9.17) is 0 Å². The molecule has 0 bridgehead atoms. The molecule has 8 nitrogen and oxygen atoms in total. The van der Waals surface area contributed by atoms with E-state index < -0.39 is 23.1 Å². The van der Waals surface area contributed by atoms with E-state index in [1.54, 1.807) is 0 Å². The molecule has 0 radical (unpaired) electrons. The number of aromatic carboxylic acids is 2. The van der Waals surface area contributed by atoms with Crippen LogP contribution < -0.4 is 21.3 Å². The summed E-state index contributed by atoms with van der Waals surface area (Å²) in [5, 5.41) is 20.2. The van der Waals surface area contributed by atoms with Crippen LogP contribution in [0.5, 0.6) is 0 Å². The number of hydrogen-bond donors (Lipinski definition) is 2. The molecule has 2 rings (SSSR count). The Labute approximate surface area is 147 Å². The molecule has 0 saturated carbocycles. The minimum Gasteiger partial charge on any atom is -0.545 e.